The summed E-state index contributed by atoms with van der Waals surface area (Å²) < 4.78 is 33.3. The summed E-state index contributed by atoms with van der Waals surface area (Å²) in [5.74, 6) is 13.8. The molecule has 1 aliphatic carbocycles. The average molecular weight is 725 g/mol. The van der Waals surface area contributed by atoms with Gasteiger partial charge in [-0.3, -0.25) is 9.59 Å². The molecule has 0 bridgehead atoms. The summed E-state index contributed by atoms with van der Waals surface area (Å²) >= 11 is 0. The zero-order valence-corrected chi connectivity index (χ0v) is 30.3. The molecule has 276 valence electrons. The van der Waals surface area contributed by atoms with E-state index in [0.29, 0.717) is 76.8 Å². The van der Waals surface area contributed by atoms with E-state index in [1.807, 2.05) is 72.8 Å². The molecule has 0 saturated heterocycles. The van der Waals surface area contributed by atoms with Crippen LogP contribution in [0.3, 0.4) is 0 Å². The lowest BCUT2D eigenvalue weighted by Gasteiger charge is -2.25. The maximum absolute atomic E-state index is 12.9. The molecule has 4 aromatic rings. The van der Waals surface area contributed by atoms with Crippen molar-refractivity contribution in [2.45, 2.75) is 25.7 Å². The highest BCUT2D eigenvalue weighted by Gasteiger charge is 2.32. The Morgan fingerprint density at radius 3 is 1.07 bits per heavy atom. The van der Waals surface area contributed by atoms with Crippen molar-refractivity contribution in [3.63, 3.8) is 0 Å². The van der Waals surface area contributed by atoms with E-state index in [4.69, 9.17) is 28.4 Å². The number of rotatable bonds is 16. The molecule has 0 N–H and O–H groups in total. The molecule has 0 atom stereocenters. The summed E-state index contributed by atoms with van der Waals surface area (Å²) in [6, 6.07) is 29.3. The van der Waals surface area contributed by atoms with E-state index in [-0.39, 0.29) is 23.8 Å². The fourth-order valence-corrected chi connectivity index (χ4v) is 5.50. The number of hydrogen-bond acceptors (Lipinski definition) is 8. The van der Waals surface area contributed by atoms with Crippen molar-refractivity contribution in [1.82, 2.24) is 0 Å². The van der Waals surface area contributed by atoms with E-state index >= 15 is 0 Å². The zero-order chi connectivity index (χ0) is 37.8. The van der Waals surface area contributed by atoms with Crippen molar-refractivity contribution in [2.75, 3.05) is 39.6 Å². The molecule has 0 unspecified atom stereocenters. The Labute approximate surface area is 317 Å². The van der Waals surface area contributed by atoms with Crippen LogP contribution in [0, 0.1) is 35.5 Å². The van der Waals surface area contributed by atoms with Gasteiger partial charge >= 0.3 is 11.9 Å². The van der Waals surface area contributed by atoms with E-state index in [1.165, 1.54) is 0 Å². The molecule has 0 aromatic heterocycles. The van der Waals surface area contributed by atoms with Crippen LogP contribution in [0.1, 0.15) is 47.9 Å². The molecule has 0 radical (unpaired) electrons. The molecule has 8 nitrogen and oxygen atoms in total. The average Bonchev–Trinajstić information content (AvgIpc) is 3.21. The maximum Gasteiger partial charge on any atom is 0.314 e. The van der Waals surface area contributed by atoms with Gasteiger partial charge in [-0.15, -0.1) is 13.2 Å². The molecular formula is C46H44O8. The van der Waals surface area contributed by atoms with Crippen LogP contribution < -0.4 is 18.9 Å². The van der Waals surface area contributed by atoms with Crippen LogP contribution in [-0.4, -0.2) is 51.6 Å². The highest BCUT2D eigenvalue weighted by atomic mass is 16.5. The summed E-state index contributed by atoms with van der Waals surface area (Å²) in [6.45, 7) is 10.1. The fraction of sp³-hybridized carbons (Fsp3) is 0.261. The summed E-state index contributed by atoms with van der Waals surface area (Å²) in [4.78, 5) is 25.8. The first kappa shape index (κ1) is 39.2. The Balaban J connectivity index is 1.00. The first-order valence-electron chi connectivity index (χ1n) is 18.0. The zero-order valence-electron chi connectivity index (χ0n) is 30.3. The summed E-state index contributed by atoms with van der Waals surface area (Å²) in [7, 11) is 0. The summed E-state index contributed by atoms with van der Waals surface area (Å²) in [6.07, 6.45) is 5.63. The van der Waals surface area contributed by atoms with Crippen LogP contribution in [0.15, 0.2) is 122 Å². The third-order valence-electron chi connectivity index (χ3n) is 8.41. The van der Waals surface area contributed by atoms with Gasteiger partial charge in [0.1, 0.15) is 36.2 Å². The van der Waals surface area contributed by atoms with E-state index < -0.39 is 0 Å². The molecule has 4 aromatic carbocycles. The van der Waals surface area contributed by atoms with Crippen molar-refractivity contribution in [3.05, 3.63) is 145 Å². The largest absolute Gasteiger partial charge is 0.491 e. The van der Waals surface area contributed by atoms with Crippen molar-refractivity contribution >= 4 is 11.9 Å². The summed E-state index contributed by atoms with van der Waals surface area (Å²) in [5, 5.41) is 0. The molecular weight excluding hydrogens is 680 g/mol. The van der Waals surface area contributed by atoms with E-state index in [1.54, 1.807) is 36.4 Å². The van der Waals surface area contributed by atoms with Crippen molar-refractivity contribution in [2.24, 2.45) is 11.8 Å². The first-order valence-corrected chi connectivity index (χ1v) is 18.0. The van der Waals surface area contributed by atoms with Crippen LogP contribution >= 0.6 is 0 Å². The highest BCUT2D eigenvalue weighted by molar-refractivity contribution is 5.78. The minimum absolute atomic E-state index is 0.274. The van der Waals surface area contributed by atoms with E-state index in [0.717, 1.165) is 33.8 Å². The Bertz CT molecular complexity index is 1790. The number of esters is 2. The molecule has 54 heavy (non-hydrogen) atoms. The minimum Gasteiger partial charge on any atom is -0.491 e. The number of carbonyl (C=O) groups is 2. The molecule has 0 spiro atoms. The molecule has 5 rings (SSSR count). The van der Waals surface area contributed by atoms with Gasteiger partial charge in [0.05, 0.1) is 38.3 Å². The first-order chi connectivity index (χ1) is 26.5. The lowest BCUT2D eigenvalue weighted by atomic mass is 9.82. The Morgan fingerprint density at radius 1 is 0.481 bits per heavy atom. The second-order valence-corrected chi connectivity index (χ2v) is 12.4. The van der Waals surface area contributed by atoms with Gasteiger partial charge in [-0.25, -0.2) is 0 Å². The van der Waals surface area contributed by atoms with Crippen LogP contribution in [0.5, 0.6) is 23.0 Å². The normalized spacial score (nSPS) is 14.6. The van der Waals surface area contributed by atoms with Gasteiger partial charge in [0, 0.05) is 22.3 Å². The predicted octanol–water partition coefficient (Wildman–Crippen LogP) is 7.97. The number of carbonyl (C=O) groups excluding carboxylic acids is 2. The smallest absolute Gasteiger partial charge is 0.314 e. The highest BCUT2D eigenvalue weighted by Crippen LogP contribution is 2.31. The molecule has 8 heteroatoms. The Morgan fingerprint density at radius 2 is 0.778 bits per heavy atom. The van der Waals surface area contributed by atoms with Gasteiger partial charge in [-0.2, -0.15) is 0 Å². The van der Waals surface area contributed by atoms with Crippen molar-refractivity contribution in [1.29, 1.82) is 0 Å². The fourth-order valence-electron chi connectivity index (χ4n) is 5.50. The second kappa shape index (κ2) is 21.5. The lowest BCUT2D eigenvalue weighted by molar-refractivity contribution is -0.145. The molecule has 0 aliphatic heterocycles. The monoisotopic (exact) mass is 724 g/mol. The molecule has 0 amide bonds. The SMILES string of the molecule is C=CCOCCOc1ccc(C#Cc2ccc(OC(=O)[C@H]3CC[C@H](C(=O)Oc4ccc(C#Cc5ccc(OCCOCC=C)cc5)cc4)CC3)cc2)cc1. The number of hydrogen-bond donors (Lipinski definition) is 0. The topological polar surface area (TPSA) is 89.5 Å². The third-order valence-corrected chi connectivity index (χ3v) is 8.41. The van der Waals surface area contributed by atoms with Gasteiger partial charge in [-0.05, 0) is 123 Å². The lowest BCUT2D eigenvalue weighted by Crippen LogP contribution is -2.30. The van der Waals surface area contributed by atoms with Crippen LogP contribution in [0.2, 0.25) is 0 Å². The Kier molecular flexibility index (Phi) is 15.6. The van der Waals surface area contributed by atoms with Gasteiger partial charge in [0.2, 0.25) is 0 Å². The van der Waals surface area contributed by atoms with Gasteiger partial charge in [0.25, 0.3) is 0 Å². The van der Waals surface area contributed by atoms with Gasteiger partial charge in [0.15, 0.2) is 0 Å². The van der Waals surface area contributed by atoms with E-state index in [9.17, 15) is 9.59 Å². The number of ether oxygens (including phenoxy) is 6. The van der Waals surface area contributed by atoms with Crippen molar-refractivity contribution < 1.29 is 38.0 Å². The van der Waals surface area contributed by atoms with E-state index in [2.05, 4.69) is 36.8 Å². The quantitative estimate of drug-likeness (QED) is 0.0378. The van der Waals surface area contributed by atoms with Gasteiger partial charge in [-0.1, -0.05) is 35.8 Å². The van der Waals surface area contributed by atoms with Crippen LogP contribution in [0.4, 0.5) is 0 Å². The molecule has 0 heterocycles. The van der Waals surface area contributed by atoms with Crippen LogP contribution in [-0.2, 0) is 19.1 Å². The molecule has 1 aliphatic rings. The predicted molar refractivity (Wildman–Crippen MR) is 207 cm³/mol. The van der Waals surface area contributed by atoms with Crippen LogP contribution in [0.25, 0.3) is 0 Å². The summed E-state index contributed by atoms with van der Waals surface area (Å²) in [5.41, 5.74) is 3.30. The minimum atomic E-state index is -0.291. The molecule has 1 saturated carbocycles. The maximum atomic E-state index is 12.9. The van der Waals surface area contributed by atoms with Gasteiger partial charge < -0.3 is 28.4 Å². The molecule has 1 fully saturated rings. The van der Waals surface area contributed by atoms with Crippen molar-refractivity contribution in [3.8, 4) is 46.7 Å². The second-order valence-electron chi connectivity index (χ2n) is 12.4. The standard InChI is InChI=1S/C46H44O8/c1-3-29-49-31-33-51-41-21-9-35(10-22-41)5-7-37-13-25-43(26-14-37)53-45(47)39-17-19-40(20-18-39)46(48)54-44-27-15-38(16-28-44)8-6-36-11-23-42(24-12-36)52-34-32-50-30-4-2/h3-4,9-16,21-28,39-40H,1-2,17-20,29-34H2/t39-,40-. The third kappa shape index (κ3) is 13.2. The Hall–Kier alpha value is -6.06. The number of benzene rings is 4.